The van der Waals surface area contributed by atoms with Crippen molar-refractivity contribution in [3.05, 3.63) is 12.4 Å². The molecule has 1 aromatic heterocycles. The lowest BCUT2D eigenvalue weighted by atomic mass is 10.2. The molecular formula is C10H17ClN2OS. The number of hydrogen-bond donors (Lipinski definition) is 0. The Labute approximate surface area is 101 Å². The Hall–Kier alpha value is -0.190. The highest BCUT2D eigenvalue weighted by atomic mass is 35.5. The Balaban J connectivity index is 0.00000112. The molecule has 2 rings (SSSR count). The molecule has 15 heavy (non-hydrogen) atoms. The molecule has 0 N–H and O–H groups in total. The van der Waals surface area contributed by atoms with Crippen LogP contribution in [0, 0.1) is 5.92 Å². The minimum atomic E-state index is 0. The third kappa shape index (κ3) is 2.68. The number of aryl methyl sites for hydroxylation is 1. The Morgan fingerprint density at radius 3 is 3.07 bits per heavy atom. The summed E-state index contributed by atoms with van der Waals surface area (Å²) in [6, 6.07) is 0. The van der Waals surface area contributed by atoms with Crippen LogP contribution in [0.4, 0.5) is 0 Å². The summed E-state index contributed by atoms with van der Waals surface area (Å²) in [5.41, 5.74) is 0. The van der Waals surface area contributed by atoms with E-state index in [1.165, 1.54) is 5.16 Å². The molecule has 1 aromatic rings. The number of halogens is 1. The molecule has 0 saturated heterocycles. The summed E-state index contributed by atoms with van der Waals surface area (Å²) in [7, 11) is 2.07. The van der Waals surface area contributed by atoms with Crippen molar-refractivity contribution in [3.63, 3.8) is 0 Å². The molecule has 0 fully saturated rings. The first-order valence-corrected chi connectivity index (χ1v) is 5.98. The van der Waals surface area contributed by atoms with Gasteiger partial charge in [-0.05, 0) is 17.7 Å². The number of fused-ring (bicyclic) bond motifs is 1. The van der Waals surface area contributed by atoms with Crippen LogP contribution in [0.5, 0.6) is 0 Å². The van der Waals surface area contributed by atoms with Gasteiger partial charge in [-0.15, -0.1) is 0 Å². The SMILES string of the molecule is CC(C)COC1CSc2n1cc[n+]2C.[Cl-]. The van der Waals surface area contributed by atoms with Gasteiger partial charge in [0.25, 0.3) is 0 Å². The molecule has 1 atom stereocenters. The maximum Gasteiger partial charge on any atom is 0.320 e. The second-order valence-corrected chi connectivity index (χ2v) is 5.08. The smallest absolute Gasteiger partial charge is 0.320 e. The van der Waals surface area contributed by atoms with E-state index >= 15 is 0 Å². The quantitative estimate of drug-likeness (QED) is 0.613. The van der Waals surface area contributed by atoms with E-state index in [1.807, 2.05) is 11.8 Å². The molecule has 2 heterocycles. The lowest BCUT2D eigenvalue weighted by molar-refractivity contribution is -0.709. The first-order valence-electron chi connectivity index (χ1n) is 4.99. The minimum Gasteiger partial charge on any atom is -1.00 e. The molecule has 0 aromatic carbocycles. The molecular weight excluding hydrogens is 232 g/mol. The number of imidazole rings is 1. The van der Waals surface area contributed by atoms with Crippen LogP contribution in [0.2, 0.25) is 0 Å². The van der Waals surface area contributed by atoms with Gasteiger partial charge in [0.05, 0.1) is 19.4 Å². The number of rotatable bonds is 3. The second-order valence-electron chi connectivity index (χ2n) is 4.09. The fourth-order valence-corrected chi connectivity index (χ4v) is 2.68. The van der Waals surface area contributed by atoms with E-state index < -0.39 is 0 Å². The fourth-order valence-electron chi connectivity index (χ4n) is 1.54. The molecule has 0 aliphatic carbocycles. The summed E-state index contributed by atoms with van der Waals surface area (Å²) in [5.74, 6) is 1.64. The van der Waals surface area contributed by atoms with Crippen LogP contribution in [0.1, 0.15) is 20.1 Å². The van der Waals surface area contributed by atoms with Gasteiger partial charge in [-0.2, -0.15) is 4.57 Å². The van der Waals surface area contributed by atoms with Gasteiger partial charge in [0, 0.05) is 0 Å². The van der Waals surface area contributed by atoms with E-state index in [-0.39, 0.29) is 18.6 Å². The number of thioether (sulfide) groups is 1. The first-order chi connectivity index (χ1) is 6.68. The maximum absolute atomic E-state index is 5.83. The van der Waals surface area contributed by atoms with Crippen molar-refractivity contribution in [1.29, 1.82) is 0 Å². The Bertz CT molecular complexity index is 327. The van der Waals surface area contributed by atoms with E-state index in [0.717, 1.165) is 12.4 Å². The number of aromatic nitrogens is 2. The molecule has 1 unspecified atom stereocenters. The van der Waals surface area contributed by atoms with Crippen LogP contribution < -0.4 is 17.0 Å². The van der Waals surface area contributed by atoms with Crippen molar-refractivity contribution in [3.8, 4) is 0 Å². The highest BCUT2D eigenvalue weighted by molar-refractivity contribution is 7.99. The van der Waals surface area contributed by atoms with Gasteiger partial charge in [-0.1, -0.05) is 13.8 Å². The summed E-state index contributed by atoms with van der Waals surface area (Å²) in [6.07, 6.45) is 4.41. The molecule has 0 saturated carbocycles. The van der Waals surface area contributed by atoms with Gasteiger partial charge >= 0.3 is 5.16 Å². The monoisotopic (exact) mass is 248 g/mol. The number of ether oxygens (including phenoxy) is 1. The fraction of sp³-hybridized carbons (Fsp3) is 0.700. The molecule has 86 valence electrons. The maximum atomic E-state index is 5.83. The van der Waals surface area contributed by atoms with Crippen LogP contribution >= 0.6 is 11.8 Å². The van der Waals surface area contributed by atoms with Crippen LogP contribution in [0.25, 0.3) is 0 Å². The zero-order chi connectivity index (χ0) is 10.1. The molecule has 0 bridgehead atoms. The largest absolute Gasteiger partial charge is 1.00 e. The van der Waals surface area contributed by atoms with Crippen LogP contribution in [-0.2, 0) is 11.8 Å². The number of hydrogen-bond acceptors (Lipinski definition) is 2. The Kier molecular flexibility index (Phi) is 4.49. The summed E-state index contributed by atoms with van der Waals surface area (Å²) in [4.78, 5) is 0. The van der Waals surface area contributed by atoms with Crippen molar-refractivity contribution < 1.29 is 21.7 Å². The van der Waals surface area contributed by atoms with E-state index in [0.29, 0.717) is 5.92 Å². The van der Waals surface area contributed by atoms with Crippen LogP contribution in [0.3, 0.4) is 0 Å². The molecule has 1 aliphatic rings. The van der Waals surface area contributed by atoms with E-state index in [1.54, 1.807) is 0 Å². The third-order valence-corrected chi connectivity index (χ3v) is 3.47. The normalized spacial score (nSPS) is 19.1. The van der Waals surface area contributed by atoms with Gasteiger partial charge in [0.15, 0.2) is 0 Å². The van der Waals surface area contributed by atoms with Gasteiger partial charge in [-0.3, -0.25) is 0 Å². The van der Waals surface area contributed by atoms with Crippen molar-refractivity contribution in [1.82, 2.24) is 4.57 Å². The summed E-state index contributed by atoms with van der Waals surface area (Å²) in [6.45, 7) is 5.20. The zero-order valence-electron chi connectivity index (χ0n) is 9.31. The summed E-state index contributed by atoms with van der Waals surface area (Å²) < 4.78 is 10.2. The molecule has 3 nitrogen and oxygen atoms in total. The topological polar surface area (TPSA) is 18.0 Å². The highest BCUT2D eigenvalue weighted by Crippen LogP contribution is 2.31. The van der Waals surface area contributed by atoms with Crippen molar-refractivity contribution in [2.45, 2.75) is 25.2 Å². The average molecular weight is 249 g/mol. The van der Waals surface area contributed by atoms with E-state index in [9.17, 15) is 0 Å². The number of nitrogens with zero attached hydrogens (tertiary/aromatic N) is 2. The summed E-state index contributed by atoms with van der Waals surface area (Å²) >= 11 is 1.86. The van der Waals surface area contributed by atoms with Crippen molar-refractivity contribution in [2.75, 3.05) is 12.4 Å². The summed E-state index contributed by atoms with van der Waals surface area (Å²) in [5, 5.41) is 1.29. The molecule has 0 amide bonds. The standard InChI is InChI=1S/C10H17N2OS.ClH/c1-8(2)6-13-9-7-14-10-11(3)4-5-12(9)10;/h4-5,8-9H,6-7H2,1-3H3;1H/q+1;/p-1. The molecule has 5 heteroatoms. The minimum absolute atomic E-state index is 0. The van der Waals surface area contributed by atoms with E-state index in [2.05, 4.69) is 42.4 Å². The van der Waals surface area contributed by atoms with Gasteiger partial charge in [-0.25, -0.2) is 4.57 Å². The lowest BCUT2D eigenvalue weighted by Crippen LogP contribution is -3.00. The van der Waals surface area contributed by atoms with Crippen LogP contribution in [-0.4, -0.2) is 16.9 Å². The zero-order valence-corrected chi connectivity index (χ0v) is 10.9. The molecule has 0 radical (unpaired) electrons. The van der Waals surface area contributed by atoms with Crippen LogP contribution in [0.15, 0.2) is 17.6 Å². The average Bonchev–Trinajstić information content (AvgIpc) is 2.66. The van der Waals surface area contributed by atoms with Gasteiger partial charge < -0.3 is 17.1 Å². The predicted octanol–water partition coefficient (Wildman–Crippen LogP) is -1.41. The second kappa shape index (κ2) is 5.23. The molecule has 0 spiro atoms. The third-order valence-electron chi connectivity index (χ3n) is 2.26. The Morgan fingerprint density at radius 2 is 2.40 bits per heavy atom. The van der Waals surface area contributed by atoms with Crippen molar-refractivity contribution in [2.24, 2.45) is 13.0 Å². The van der Waals surface area contributed by atoms with Gasteiger partial charge in [0.2, 0.25) is 6.23 Å². The van der Waals surface area contributed by atoms with Crippen molar-refractivity contribution >= 4 is 11.8 Å². The lowest BCUT2D eigenvalue weighted by Gasteiger charge is -2.10. The van der Waals surface area contributed by atoms with E-state index in [4.69, 9.17) is 4.74 Å². The van der Waals surface area contributed by atoms with Gasteiger partial charge in [0.1, 0.15) is 12.4 Å². The molecule has 1 aliphatic heterocycles. The predicted molar refractivity (Wildman–Crippen MR) is 56.2 cm³/mol. The first kappa shape index (κ1) is 12.9. The Morgan fingerprint density at radius 1 is 1.67 bits per heavy atom. The highest BCUT2D eigenvalue weighted by Gasteiger charge is 2.32.